The van der Waals surface area contributed by atoms with E-state index >= 15 is 0 Å². The molecule has 2 N–H and O–H groups in total. The van der Waals surface area contributed by atoms with E-state index in [0.29, 0.717) is 5.75 Å². The summed E-state index contributed by atoms with van der Waals surface area (Å²) in [5.41, 5.74) is 9.69. The summed E-state index contributed by atoms with van der Waals surface area (Å²) in [5.74, 6) is 0.676. The molecule has 3 rings (SSSR count). The summed E-state index contributed by atoms with van der Waals surface area (Å²) >= 11 is 1.66. The molecule has 102 valence electrons. The Bertz CT molecular complexity index is 639. The maximum atomic E-state index is 12.3. The van der Waals surface area contributed by atoms with Crippen LogP contribution in [0.1, 0.15) is 16.5 Å². The first-order chi connectivity index (χ1) is 9.66. The number of thioether (sulfide) groups is 1. The van der Waals surface area contributed by atoms with E-state index in [4.69, 9.17) is 5.73 Å². The number of aryl methyl sites for hydroxylation is 1. The highest BCUT2D eigenvalue weighted by Crippen LogP contribution is 2.42. The standard InChI is InChI=1S/C16H16N2OS/c1-11-4-2-3-5-14(11)18-15(19)10-20-16(18)12-6-8-13(17)9-7-12/h2-9,16H,10,17H2,1H3. The van der Waals surface area contributed by atoms with Gasteiger partial charge < -0.3 is 5.73 Å². The Kier molecular flexibility index (Phi) is 3.40. The van der Waals surface area contributed by atoms with E-state index in [0.717, 1.165) is 22.5 Å². The summed E-state index contributed by atoms with van der Waals surface area (Å²) in [5, 5.41) is 0.0317. The Labute approximate surface area is 122 Å². The Morgan fingerprint density at radius 1 is 1.15 bits per heavy atom. The van der Waals surface area contributed by atoms with Crippen molar-refractivity contribution in [3.8, 4) is 0 Å². The Hall–Kier alpha value is -1.94. The number of benzene rings is 2. The number of nitrogen functional groups attached to an aromatic ring is 1. The highest BCUT2D eigenvalue weighted by atomic mass is 32.2. The van der Waals surface area contributed by atoms with Crippen molar-refractivity contribution in [2.45, 2.75) is 12.3 Å². The molecule has 1 aliphatic heterocycles. The molecule has 1 saturated heterocycles. The molecule has 1 atom stereocenters. The number of rotatable bonds is 2. The van der Waals surface area contributed by atoms with Crippen molar-refractivity contribution < 1.29 is 4.79 Å². The Morgan fingerprint density at radius 2 is 1.85 bits per heavy atom. The number of hydrogen-bond acceptors (Lipinski definition) is 3. The molecule has 1 amide bonds. The van der Waals surface area contributed by atoms with Crippen molar-refractivity contribution in [1.29, 1.82) is 0 Å². The second-order valence-corrected chi connectivity index (χ2v) is 5.95. The van der Waals surface area contributed by atoms with Gasteiger partial charge in [-0.05, 0) is 36.2 Å². The monoisotopic (exact) mass is 284 g/mol. The largest absolute Gasteiger partial charge is 0.399 e. The first kappa shape index (κ1) is 13.1. The van der Waals surface area contributed by atoms with Crippen LogP contribution in [-0.4, -0.2) is 11.7 Å². The first-order valence-electron chi connectivity index (χ1n) is 6.51. The third-order valence-electron chi connectivity index (χ3n) is 3.46. The molecular formula is C16H16N2OS. The molecule has 0 aliphatic carbocycles. The Morgan fingerprint density at radius 3 is 2.55 bits per heavy atom. The minimum absolute atomic E-state index is 0.0317. The van der Waals surface area contributed by atoms with Gasteiger partial charge in [0.05, 0.1) is 5.75 Å². The number of hydrogen-bond donors (Lipinski definition) is 1. The van der Waals surface area contributed by atoms with Crippen LogP contribution in [0.25, 0.3) is 0 Å². The van der Waals surface area contributed by atoms with E-state index in [1.807, 2.05) is 60.4 Å². The molecule has 0 aromatic heterocycles. The number of carbonyl (C=O) groups is 1. The predicted molar refractivity (Wildman–Crippen MR) is 84.7 cm³/mol. The fraction of sp³-hybridized carbons (Fsp3) is 0.188. The average Bonchev–Trinajstić information content (AvgIpc) is 2.82. The van der Waals surface area contributed by atoms with E-state index in [1.54, 1.807) is 11.8 Å². The lowest BCUT2D eigenvalue weighted by Gasteiger charge is -2.25. The van der Waals surface area contributed by atoms with Gasteiger partial charge in [-0.15, -0.1) is 11.8 Å². The van der Waals surface area contributed by atoms with Crippen LogP contribution in [0, 0.1) is 6.92 Å². The average molecular weight is 284 g/mol. The lowest BCUT2D eigenvalue weighted by Crippen LogP contribution is -2.28. The summed E-state index contributed by atoms with van der Waals surface area (Å²) < 4.78 is 0. The highest BCUT2D eigenvalue weighted by Gasteiger charge is 2.34. The Balaban J connectivity index is 2.01. The number of amides is 1. The van der Waals surface area contributed by atoms with Gasteiger partial charge in [0.2, 0.25) is 5.91 Å². The zero-order chi connectivity index (χ0) is 14.1. The van der Waals surface area contributed by atoms with E-state index in [2.05, 4.69) is 0 Å². The van der Waals surface area contributed by atoms with Crippen molar-refractivity contribution >= 4 is 29.0 Å². The fourth-order valence-corrected chi connectivity index (χ4v) is 3.59. The van der Waals surface area contributed by atoms with Gasteiger partial charge >= 0.3 is 0 Å². The van der Waals surface area contributed by atoms with E-state index in [9.17, 15) is 4.79 Å². The topological polar surface area (TPSA) is 46.3 Å². The van der Waals surface area contributed by atoms with Crippen molar-refractivity contribution in [2.75, 3.05) is 16.4 Å². The van der Waals surface area contributed by atoms with Crippen molar-refractivity contribution in [3.05, 3.63) is 59.7 Å². The fourth-order valence-electron chi connectivity index (χ4n) is 2.43. The van der Waals surface area contributed by atoms with Gasteiger partial charge in [0.1, 0.15) is 5.37 Å². The van der Waals surface area contributed by atoms with Gasteiger partial charge in [-0.1, -0.05) is 30.3 Å². The molecule has 0 bridgehead atoms. The quantitative estimate of drug-likeness (QED) is 0.860. The van der Waals surface area contributed by atoms with Gasteiger partial charge in [-0.3, -0.25) is 9.69 Å². The third kappa shape index (κ3) is 2.27. The number of para-hydroxylation sites is 1. The predicted octanol–water partition coefficient (Wildman–Crippen LogP) is 3.36. The molecule has 3 nitrogen and oxygen atoms in total. The van der Waals surface area contributed by atoms with Gasteiger partial charge in [-0.2, -0.15) is 0 Å². The van der Waals surface area contributed by atoms with Crippen molar-refractivity contribution in [2.24, 2.45) is 0 Å². The first-order valence-corrected chi connectivity index (χ1v) is 7.56. The molecule has 2 aromatic carbocycles. The van der Waals surface area contributed by atoms with E-state index in [1.165, 1.54) is 0 Å². The summed E-state index contributed by atoms with van der Waals surface area (Å²) in [7, 11) is 0. The zero-order valence-corrected chi connectivity index (χ0v) is 12.1. The lowest BCUT2D eigenvalue weighted by molar-refractivity contribution is -0.115. The SMILES string of the molecule is Cc1ccccc1N1C(=O)CSC1c1ccc(N)cc1. The molecule has 1 aliphatic rings. The maximum Gasteiger partial charge on any atom is 0.238 e. The van der Waals surface area contributed by atoms with Crippen LogP contribution in [-0.2, 0) is 4.79 Å². The number of carbonyl (C=O) groups excluding carboxylic acids is 1. The number of nitrogens with zero attached hydrogens (tertiary/aromatic N) is 1. The molecule has 0 radical (unpaired) electrons. The third-order valence-corrected chi connectivity index (χ3v) is 4.68. The number of anilines is 2. The maximum absolute atomic E-state index is 12.3. The second-order valence-electron chi connectivity index (χ2n) is 4.88. The van der Waals surface area contributed by atoms with Crippen LogP contribution in [0.5, 0.6) is 0 Å². The van der Waals surface area contributed by atoms with Crippen LogP contribution in [0.4, 0.5) is 11.4 Å². The lowest BCUT2D eigenvalue weighted by atomic mass is 10.1. The smallest absolute Gasteiger partial charge is 0.238 e. The van der Waals surface area contributed by atoms with Crippen molar-refractivity contribution in [3.63, 3.8) is 0 Å². The highest BCUT2D eigenvalue weighted by molar-refractivity contribution is 8.00. The van der Waals surface area contributed by atoms with Crippen LogP contribution >= 0.6 is 11.8 Å². The van der Waals surface area contributed by atoms with Crippen LogP contribution in [0.3, 0.4) is 0 Å². The van der Waals surface area contributed by atoms with Gasteiger partial charge in [0.25, 0.3) is 0 Å². The molecule has 20 heavy (non-hydrogen) atoms. The van der Waals surface area contributed by atoms with Crippen LogP contribution in [0.15, 0.2) is 48.5 Å². The summed E-state index contributed by atoms with van der Waals surface area (Å²) in [6.07, 6.45) is 0. The summed E-state index contributed by atoms with van der Waals surface area (Å²) in [4.78, 5) is 14.2. The van der Waals surface area contributed by atoms with E-state index < -0.39 is 0 Å². The normalized spacial score (nSPS) is 18.6. The molecular weight excluding hydrogens is 268 g/mol. The van der Waals surface area contributed by atoms with Crippen molar-refractivity contribution in [1.82, 2.24) is 0 Å². The molecule has 4 heteroatoms. The summed E-state index contributed by atoms with van der Waals surface area (Å²) in [6, 6.07) is 15.8. The molecule has 2 aromatic rings. The molecule has 1 unspecified atom stereocenters. The molecule has 1 fully saturated rings. The van der Waals surface area contributed by atoms with Gasteiger partial charge in [0.15, 0.2) is 0 Å². The van der Waals surface area contributed by atoms with E-state index in [-0.39, 0.29) is 11.3 Å². The van der Waals surface area contributed by atoms with Crippen LogP contribution in [0.2, 0.25) is 0 Å². The molecule has 0 saturated carbocycles. The molecule has 1 heterocycles. The van der Waals surface area contributed by atoms with Gasteiger partial charge in [0, 0.05) is 11.4 Å². The minimum Gasteiger partial charge on any atom is -0.399 e. The molecule has 0 spiro atoms. The van der Waals surface area contributed by atoms with Crippen LogP contribution < -0.4 is 10.6 Å². The minimum atomic E-state index is 0.0317. The van der Waals surface area contributed by atoms with Gasteiger partial charge in [-0.25, -0.2) is 0 Å². The summed E-state index contributed by atoms with van der Waals surface area (Å²) in [6.45, 7) is 2.03. The second kappa shape index (κ2) is 5.21. The number of nitrogens with two attached hydrogens (primary N) is 1. The zero-order valence-electron chi connectivity index (χ0n) is 11.2.